The van der Waals surface area contributed by atoms with Crippen molar-refractivity contribution in [2.45, 2.75) is 8.92 Å². The zero-order valence-corrected chi connectivity index (χ0v) is 12.0. The van der Waals surface area contributed by atoms with E-state index in [1.807, 2.05) is 0 Å². The zero-order valence-electron chi connectivity index (χ0n) is 5.42. The lowest BCUT2D eigenvalue weighted by atomic mass is 11.2. The van der Waals surface area contributed by atoms with E-state index in [-0.39, 0.29) is 19.0 Å². The molecule has 0 aliphatic rings. The standard InChI is InChI=1S/C4H2Cl6Si2/c5-1(11-3(7)8)2(6)12-4(9)10/h3-4H. The van der Waals surface area contributed by atoms with Crippen LogP contribution >= 0.6 is 69.6 Å². The molecule has 0 aliphatic carbocycles. The highest BCUT2D eigenvalue weighted by Gasteiger charge is 2.12. The Labute approximate surface area is 106 Å². The summed E-state index contributed by atoms with van der Waals surface area (Å²) in [5.41, 5.74) is 0. The van der Waals surface area contributed by atoms with Gasteiger partial charge >= 0.3 is 0 Å². The molecule has 0 atom stereocenters. The molecule has 0 spiro atoms. The summed E-state index contributed by atoms with van der Waals surface area (Å²) in [6, 6.07) is 0. The molecule has 0 fully saturated rings. The Hall–Kier alpha value is 1.91. The zero-order chi connectivity index (χ0) is 9.72. The van der Waals surface area contributed by atoms with Crippen LogP contribution in [-0.2, 0) is 0 Å². The van der Waals surface area contributed by atoms with Crippen LogP contribution in [0.2, 0.25) is 0 Å². The van der Waals surface area contributed by atoms with Gasteiger partial charge in [0.2, 0.25) is 0 Å². The molecule has 0 amide bonds. The van der Waals surface area contributed by atoms with Crippen LogP contribution in [0.4, 0.5) is 0 Å². The van der Waals surface area contributed by atoms with Crippen molar-refractivity contribution in [3.8, 4) is 0 Å². The van der Waals surface area contributed by atoms with Gasteiger partial charge in [0.15, 0.2) is 0 Å². The normalized spacial score (nSPS) is 14.0. The predicted molar refractivity (Wildman–Crippen MR) is 61.2 cm³/mol. The summed E-state index contributed by atoms with van der Waals surface area (Å²) in [7, 11) is 0.152. The van der Waals surface area contributed by atoms with Gasteiger partial charge in [-0.25, -0.2) is 0 Å². The van der Waals surface area contributed by atoms with Crippen molar-refractivity contribution in [3.05, 3.63) is 9.31 Å². The van der Waals surface area contributed by atoms with Crippen molar-refractivity contribution in [2.75, 3.05) is 0 Å². The summed E-state index contributed by atoms with van der Waals surface area (Å²) in [5.74, 6) is 0. The minimum absolute atomic E-state index is 0.0759. The minimum atomic E-state index is -0.528. The highest BCUT2D eigenvalue weighted by atomic mass is 35.5. The van der Waals surface area contributed by atoms with Gasteiger partial charge in [0.1, 0.15) is 19.0 Å². The molecule has 0 saturated heterocycles. The average Bonchev–Trinajstić information content (AvgIpc) is 1.84. The molecule has 12 heavy (non-hydrogen) atoms. The highest BCUT2D eigenvalue weighted by Crippen LogP contribution is 2.18. The molecule has 4 radical (unpaired) electrons. The van der Waals surface area contributed by atoms with Crippen molar-refractivity contribution < 1.29 is 0 Å². The van der Waals surface area contributed by atoms with E-state index in [0.29, 0.717) is 9.31 Å². The molecule has 8 heteroatoms. The molecule has 0 aliphatic heterocycles. The molecule has 0 N–H and O–H groups in total. The Morgan fingerprint density at radius 3 is 1.17 bits per heavy atom. The van der Waals surface area contributed by atoms with Gasteiger partial charge in [0.25, 0.3) is 0 Å². The number of hydrogen-bond acceptors (Lipinski definition) is 0. The van der Waals surface area contributed by atoms with Crippen molar-refractivity contribution >= 4 is 88.6 Å². The minimum Gasteiger partial charge on any atom is -0.109 e. The fourth-order valence-electron chi connectivity index (χ4n) is 0.318. The molecular weight excluding hydrogens is 317 g/mol. The average molecular weight is 319 g/mol. The second-order valence-corrected chi connectivity index (χ2v) is 9.30. The Morgan fingerprint density at radius 2 is 1.00 bits per heavy atom. The maximum atomic E-state index is 5.75. The van der Waals surface area contributed by atoms with E-state index in [1.165, 1.54) is 0 Å². The lowest BCUT2D eigenvalue weighted by Crippen LogP contribution is -2.09. The van der Waals surface area contributed by atoms with E-state index in [0.717, 1.165) is 0 Å². The van der Waals surface area contributed by atoms with Gasteiger partial charge in [0.05, 0.1) is 8.92 Å². The molecule has 0 heterocycles. The number of rotatable bonds is 4. The monoisotopic (exact) mass is 316 g/mol. The molecule has 68 valence electrons. The topological polar surface area (TPSA) is 0 Å². The summed E-state index contributed by atoms with van der Waals surface area (Å²) in [6.07, 6.45) is 0. The van der Waals surface area contributed by atoms with Gasteiger partial charge in [-0.3, -0.25) is 0 Å². The Kier molecular flexibility index (Phi) is 8.39. The van der Waals surface area contributed by atoms with Crippen LogP contribution < -0.4 is 0 Å². The second-order valence-electron chi connectivity index (χ2n) is 1.52. The second kappa shape index (κ2) is 7.24. The smallest absolute Gasteiger partial charge is 0.109 e. The molecule has 0 aromatic heterocycles. The van der Waals surface area contributed by atoms with Gasteiger partial charge < -0.3 is 0 Å². The molecular formula is C4H2Cl6Si2. The van der Waals surface area contributed by atoms with Crippen molar-refractivity contribution in [3.63, 3.8) is 0 Å². The quantitative estimate of drug-likeness (QED) is 0.549. The van der Waals surface area contributed by atoms with Crippen LogP contribution in [-0.4, -0.2) is 28.0 Å². The Balaban J connectivity index is 4.06. The summed E-state index contributed by atoms with van der Waals surface area (Å²) < 4.78 is -0.173. The third-order valence-corrected chi connectivity index (χ3v) is 5.11. The molecule has 0 rings (SSSR count). The molecule has 0 unspecified atom stereocenters. The van der Waals surface area contributed by atoms with E-state index in [4.69, 9.17) is 69.6 Å². The van der Waals surface area contributed by atoms with Gasteiger partial charge in [0, 0.05) is 9.31 Å². The van der Waals surface area contributed by atoms with Gasteiger partial charge in [-0.05, 0) is 0 Å². The summed E-state index contributed by atoms with van der Waals surface area (Å²) in [4.78, 5) is 0. The summed E-state index contributed by atoms with van der Waals surface area (Å²) >= 11 is 33.5. The maximum Gasteiger partial charge on any atom is 0.141 e. The van der Waals surface area contributed by atoms with Crippen molar-refractivity contribution in [2.24, 2.45) is 0 Å². The fraction of sp³-hybridized carbons (Fsp3) is 0.500. The Bertz CT molecular complexity index is 149. The van der Waals surface area contributed by atoms with Crippen LogP contribution in [0.5, 0.6) is 0 Å². The largest absolute Gasteiger partial charge is 0.141 e. The molecule has 0 nitrogen and oxygen atoms in total. The van der Waals surface area contributed by atoms with Gasteiger partial charge in [-0.15, -0.1) is 46.4 Å². The lowest BCUT2D eigenvalue weighted by Gasteiger charge is -2.02. The van der Waals surface area contributed by atoms with E-state index < -0.39 is 8.92 Å². The van der Waals surface area contributed by atoms with Gasteiger partial charge in [-0.2, -0.15) is 0 Å². The van der Waals surface area contributed by atoms with Crippen molar-refractivity contribution in [1.29, 1.82) is 0 Å². The van der Waals surface area contributed by atoms with Crippen LogP contribution in [0, 0.1) is 0 Å². The third kappa shape index (κ3) is 7.33. The van der Waals surface area contributed by atoms with Crippen LogP contribution in [0.3, 0.4) is 0 Å². The first kappa shape index (κ1) is 13.9. The van der Waals surface area contributed by atoms with E-state index in [2.05, 4.69) is 0 Å². The maximum absolute atomic E-state index is 5.75. The van der Waals surface area contributed by atoms with Crippen LogP contribution in [0.15, 0.2) is 9.31 Å². The first-order valence-corrected chi connectivity index (χ1v) is 7.23. The molecule has 0 saturated carbocycles. The van der Waals surface area contributed by atoms with E-state index in [9.17, 15) is 0 Å². The third-order valence-electron chi connectivity index (χ3n) is 0.664. The first-order chi connectivity index (χ1) is 5.43. The number of hydrogen-bond donors (Lipinski definition) is 0. The van der Waals surface area contributed by atoms with Crippen LogP contribution in [0.1, 0.15) is 0 Å². The van der Waals surface area contributed by atoms with E-state index in [1.54, 1.807) is 0 Å². The van der Waals surface area contributed by atoms with E-state index >= 15 is 0 Å². The first-order valence-electron chi connectivity index (χ1n) is 2.58. The Morgan fingerprint density at radius 1 is 0.750 bits per heavy atom. The number of alkyl halides is 4. The highest BCUT2D eigenvalue weighted by molar-refractivity contribution is 6.85. The number of halogens is 6. The SMILES string of the molecule is ClC([Si]C(Cl)Cl)=C(Cl)[Si]C(Cl)Cl. The van der Waals surface area contributed by atoms with Gasteiger partial charge in [-0.1, -0.05) is 23.2 Å². The fourth-order valence-corrected chi connectivity index (χ4v) is 4.35. The molecule has 0 bridgehead atoms. The molecule has 0 aromatic carbocycles. The van der Waals surface area contributed by atoms with Crippen LogP contribution in [0.25, 0.3) is 0 Å². The summed E-state index contributed by atoms with van der Waals surface area (Å²) in [6.45, 7) is 0. The summed E-state index contributed by atoms with van der Waals surface area (Å²) in [5, 5.41) is 0. The molecule has 0 aromatic rings. The lowest BCUT2D eigenvalue weighted by molar-refractivity contribution is 1.84. The van der Waals surface area contributed by atoms with Crippen molar-refractivity contribution in [1.82, 2.24) is 0 Å². The predicted octanol–water partition coefficient (Wildman–Crippen LogP) is 3.52.